The van der Waals surface area contributed by atoms with Crippen LogP contribution in [0.25, 0.3) is 0 Å². The highest BCUT2D eigenvalue weighted by Gasteiger charge is 2.40. The Balaban J connectivity index is 2.75. The SMILES string of the molecule is COCCn1cc(C(CN)C(F)(F)F)cn1. The first-order valence-electron chi connectivity index (χ1n) is 4.77. The van der Waals surface area contributed by atoms with Crippen molar-refractivity contribution < 1.29 is 17.9 Å². The first-order valence-corrected chi connectivity index (χ1v) is 4.77. The van der Waals surface area contributed by atoms with E-state index in [4.69, 9.17) is 10.5 Å². The van der Waals surface area contributed by atoms with Crippen LogP contribution in [-0.2, 0) is 11.3 Å². The summed E-state index contributed by atoms with van der Waals surface area (Å²) in [5.41, 5.74) is 5.21. The van der Waals surface area contributed by atoms with Crippen molar-refractivity contribution in [2.24, 2.45) is 5.73 Å². The Morgan fingerprint density at radius 2 is 2.25 bits per heavy atom. The summed E-state index contributed by atoms with van der Waals surface area (Å²) < 4.78 is 43.8. The molecule has 1 aromatic rings. The van der Waals surface area contributed by atoms with Gasteiger partial charge in [0.15, 0.2) is 0 Å². The van der Waals surface area contributed by atoms with Crippen LogP contribution in [0.3, 0.4) is 0 Å². The molecule has 0 spiro atoms. The average molecular weight is 237 g/mol. The van der Waals surface area contributed by atoms with Crippen molar-refractivity contribution in [3.05, 3.63) is 18.0 Å². The number of rotatable bonds is 5. The zero-order chi connectivity index (χ0) is 12.2. The topological polar surface area (TPSA) is 53.1 Å². The number of nitrogens with zero attached hydrogens (tertiary/aromatic N) is 2. The Morgan fingerprint density at radius 3 is 2.75 bits per heavy atom. The number of hydrogen-bond acceptors (Lipinski definition) is 3. The predicted octanol–water partition coefficient (Wildman–Crippen LogP) is 1.13. The Morgan fingerprint density at radius 1 is 1.56 bits per heavy atom. The van der Waals surface area contributed by atoms with Crippen LogP contribution in [-0.4, -0.2) is 36.2 Å². The van der Waals surface area contributed by atoms with E-state index < -0.39 is 18.6 Å². The van der Waals surface area contributed by atoms with E-state index >= 15 is 0 Å². The Hall–Kier alpha value is -1.08. The van der Waals surface area contributed by atoms with E-state index in [9.17, 15) is 13.2 Å². The molecule has 1 rings (SSSR count). The summed E-state index contributed by atoms with van der Waals surface area (Å²) in [6.45, 7) is 0.353. The van der Waals surface area contributed by atoms with Gasteiger partial charge >= 0.3 is 6.18 Å². The van der Waals surface area contributed by atoms with Gasteiger partial charge in [-0.1, -0.05) is 0 Å². The molecule has 7 heteroatoms. The number of aromatic nitrogens is 2. The zero-order valence-corrected chi connectivity index (χ0v) is 8.87. The lowest BCUT2D eigenvalue weighted by molar-refractivity contribution is -0.148. The van der Waals surface area contributed by atoms with Crippen molar-refractivity contribution in [1.82, 2.24) is 9.78 Å². The summed E-state index contributed by atoms with van der Waals surface area (Å²) >= 11 is 0. The molecule has 16 heavy (non-hydrogen) atoms. The van der Waals surface area contributed by atoms with E-state index in [1.54, 1.807) is 0 Å². The van der Waals surface area contributed by atoms with Gasteiger partial charge in [-0.15, -0.1) is 0 Å². The number of methoxy groups -OCH3 is 1. The number of hydrogen-bond donors (Lipinski definition) is 1. The van der Waals surface area contributed by atoms with Gasteiger partial charge < -0.3 is 10.5 Å². The Kier molecular flexibility index (Phi) is 4.31. The summed E-state index contributed by atoms with van der Waals surface area (Å²) in [6, 6.07) is 0. The van der Waals surface area contributed by atoms with Crippen LogP contribution >= 0.6 is 0 Å². The maximum Gasteiger partial charge on any atom is 0.397 e. The number of ether oxygens (including phenoxy) is 1. The smallest absolute Gasteiger partial charge is 0.383 e. The molecule has 1 atom stereocenters. The average Bonchev–Trinajstić information content (AvgIpc) is 2.62. The van der Waals surface area contributed by atoms with E-state index in [2.05, 4.69) is 5.10 Å². The van der Waals surface area contributed by atoms with E-state index in [0.29, 0.717) is 13.2 Å². The molecule has 92 valence electrons. The first-order chi connectivity index (χ1) is 7.49. The van der Waals surface area contributed by atoms with Crippen molar-refractivity contribution in [3.8, 4) is 0 Å². The molecule has 0 aliphatic heterocycles. The lowest BCUT2D eigenvalue weighted by atomic mass is 10.0. The van der Waals surface area contributed by atoms with Gasteiger partial charge in [-0.05, 0) is 0 Å². The van der Waals surface area contributed by atoms with Crippen LogP contribution in [0.15, 0.2) is 12.4 Å². The van der Waals surface area contributed by atoms with E-state index in [1.807, 2.05) is 0 Å². The molecule has 0 radical (unpaired) electrons. The molecule has 0 aliphatic carbocycles. The monoisotopic (exact) mass is 237 g/mol. The molecule has 0 fully saturated rings. The van der Waals surface area contributed by atoms with Crippen molar-refractivity contribution in [1.29, 1.82) is 0 Å². The summed E-state index contributed by atoms with van der Waals surface area (Å²) in [5, 5.41) is 3.82. The van der Waals surface area contributed by atoms with E-state index in [0.717, 1.165) is 0 Å². The second-order valence-corrected chi connectivity index (χ2v) is 3.36. The third-order valence-electron chi connectivity index (χ3n) is 2.21. The van der Waals surface area contributed by atoms with Crippen LogP contribution in [0.1, 0.15) is 11.5 Å². The van der Waals surface area contributed by atoms with Gasteiger partial charge in [-0.3, -0.25) is 4.68 Å². The molecule has 4 nitrogen and oxygen atoms in total. The molecule has 0 saturated carbocycles. The summed E-state index contributed by atoms with van der Waals surface area (Å²) in [4.78, 5) is 0. The van der Waals surface area contributed by atoms with E-state index in [1.165, 1.54) is 24.2 Å². The summed E-state index contributed by atoms with van der Waals surface area (Å²) in [7, 11) is 1.52. The number of nitrogens with two attached hydrogens (primary N) is 1. The normalized spacial score (nSPS) is 14.1. The third-order valence-corrected chi connectivity index (χ3v) is 2.21. The molecule has 0 amide bonds. The molecular formula is C9H14F3N3O. The van der Waals surface area contributed by atoms with Crippen molar-refractivity contribution in [2.75, 3.05) is 20.3 Å². The molecule has 0 saturated heterocycles. The summed E-state index contributed by atoms with van der Waals surface area (Å²) in [5.74, 6) is -1.65. The van der Waals surface area contributed by atoms with Gasteiger partial charge in [0.25, 0.3) is 0 Å². The lowest BCUT2D eigenvalue weighted by Crippen LogP contribution is -2.27. The van der Waals surface area contributed by atoms with Crippen molar-refractivity contribution in [3.63, 3.8) is 0 Å². The standard InChI is InChI=1S/C9H14F3N3O/c1-16-3-2-15-6-7(5-14-15)8(4-13)9(10,11)12/h5-6,8H,2-4,13H2,1H3. The molecule has 1 unspecified atom stereocenters. The molecular weight excluding hydrogens is 223 g/mol. The van der Waals surface area contributed by atoms with Gasteiger partial charge in [0.1, 0.15) is 0 Å². The Bertz CT molecular complexity index is 324. The Labute approximate surface area is 91.2 Å². The number of halogens is 3. The molecule has 0 bridgehead atoms. The van der Waals surface area contributed by atoms with Gasteiger partial charge in [0.2, 0.25) is 0 Å². The molecule has 0 aliphatic rings. The maximum atomic E-state index is 12.5. The van der Waals surface area contributed by atoms with Crippen LogP contribution in [0.5, 0.6) is 0 Å². The van der Waals surface area contributed by atoms with Gasteiger partial charge in [0.05, 0.1) is 25.3 Å². The minimum Gasteiger partial charge on any atom is -0.383 e. The summed E-state index contributed by atoms with van der Waals surface area (Å²) in [6.07, 6.45) is -1.78. The highest BCUT2D eigenvalue weighted by Crippen LogP contribution is 2.33. The maximum absolute atomic E-state index is 12.5. The van der Waals surface area contributed by atoms with Crippen LogP contribution in [0.4, 0.5) is 13.2 Å². The second-order valence-electron chi connectivity index (χ2n) is 3.36. The minimum atomic E-state index is -4.33. The highest BCUT2D eigenvalue weighted by molar-refractivity contribution is 5.14. The quantitative estimate of drug-likeness (QED) is 0.835. The minimum absolute atomic E-state index is 0.0890. The number of alkyl halides is 3. The molecule has 2 N–H and O–H groups in total. The fourth-order valence-corrected chi connectivity index (χ4v) is 1.33. The second kappa shape index (κ2) is 5.31. The molecule has 1 aromatic heterocycles. The molecule has 0 aromatic carbocycles. The fraction of sp³-hybridized carbons (Fsp3) is 0.667. The lowest BCUT2D eigenvalue weighted by Gasteiger charge is -2.16. The van der Waals surface area contributed by atoms with E-state index in [-0.39, 0.29) is 5.56 Å². The van der Waals surface area contributed by atoms with Gasteiger partial charge in [-0.25, -0.2) is 0 Å². The third kappa shape index (κ3) is 3.21. The fourth-order valence-electron chi connectivity index (χ4n) is 1.33. The van der Waals surface area contributed by atoms with Crippen LogP contribution < -0.4 is 5.73 Å². The highest BCUT2D eigenvalue weighted by atomic mass is 19.4. The first kappa shape index (κ1) is 13.0. The van der Waals surface area contributed by atoms with Crippen LogP contribution in [0, 0.1) is 0 Å². The van der Waals surface area contributed by atoms with Crippen LogP contribution in [0.2, 0.25) is 0 Å². The van der Waals surface area contributed by atoms with Crippen molar-refractivity contribution in [2.45, 2.75) is 18.6 Å². The van der Waals surface area contributed by atoms with Crippen molar-refractivity contribution >= 4 is 0 Å². The molecule has 1 heterocycles. The predicted molar refractivity (Wildman–Crippen MR) is 52.0 cm³/mol. The van der Waals surface area contributed by atoms with Gasteiger partial charge in [0, 0.05) is 25.4 Å². The zero-order valence-electron chi connectivity index (χ0n) is 8.87. The largest absolute Gasteiger partial charge is 0.397 e. The van der Waals surface area contributed by atoms with Gasteiger partial charge in [-0.2, -0.15) is 18.3 Å².